The number of carbonyl (C=O) groups excluding carboxylic acids is 1. The number of hydrogen-bond acceptors (Lipinski definition) is 3. The van der Waals surface area contributed by atoms with Gasteiger partial charge in [-0.25, -0.2) is 0 Å². The maximum atomic E-state index is 12.7. The molecular weight excluding hydrogens is 276 g/mol. The number of morpholine rings is 1. The fraction of sp³-hybridized carbons (Fsp3) is 0.600. The number of pyridine rings is 1. The molecule has 1 aromatic rings. The summed E-state index contributed by atoms with van der Waals surface area (Å²) in [7, 11) is 0. The molecule has 4 nitrogen and oxygen atoms in total. The summed E-state index contributed by atoms with van der Waals surface area (Å²) in [4.78, 5) is 18.6. The number of halogens is 1. The molecule has 0 radical (unpaired) electrons. The third kappa shape index (κ3) is 3.30. The van der Waals surface area contributed by atoms with E-state index in [1.807, 2.05) is 34.6 Å². The maximum Gasteiger partial charge on any atom is 0.257 e. The average molecular weight is 297 g/mol. The van der Waals surface area contributed by atoms with Gasteiger partial charge < -0.3 is 9.64 Å². The van der Waals surface area contributed by atoms with Crippen LogP contribution < -0.4 is 0 Å². The Morgan fingerprint density at radius 2 is 1.85 bits per heavy atom. The molecule has 20 heavy (non-hydrogen) atoms. The van der Waals surface area contributed by atoms with Crippen molar-refractivity contribution in [2.24, 2.45) is 0 Å². The van der Waals surface area contributed by atoms with Crippen molar-refractivity contribution in [3.05, 3.63) is 28.5 Å². The number of hydrogen-bond donors (Lipinski definition) is 0. The summed E-state index contributed by atoms with van der Waals surface area (Å²) in [5, 5.41) is 0.449. The molecule has 0 N–H and O–H groups in total. The minimum atomic E-state index is -0.373. The van der Waals surface area contributed by atoms with Crippen LogP contribution in [0.1, 0.15) is 43.7 Å². The quantitative estimate of drug-likeness (QED) is 0.800. The van der Waals surface area contributed by atoms with Gasteiger partial charge in [0.05, 0.1) is 21.8 Å². The molecule has 0 spiro atoms. The summed E-state index contributed by atoms with van der Waals surface area (Å²) in [6.45, 7) is 10.9. The Morgan fingerprint density at radius 1 is 1.30 bits per heavy atom. The molecule has 1 amide bonds. The second-order valence-electron chi connectivity index (χ2n) is 6.59. The summed E-state index contributed by atoms with van der Waals surface area (Å²) in [6, 6.07) is 1.71. The lowest BCUT2D eigenvalue weighted by Crippen LogP contribution is -2.58. The molecule has 5 heteroatoms. The van der Waals surface area contributed by atoms with Crippen molar-refractivity contribution < 1.29 is 9.53 Å². The monoisotopic (exact) mass is 296 g/mol. The maximum absolute atomic E-state index is 12.7. The Bertz CT molecular complexity index is 525. The molecule has 2 heterocycles. The number of nitrogens with zero attached hydrogens (tertiary/aromatic N) is 2. The van der Waals surface area contributed by atoms with Gasteiger partial charge >= 0.3 is 0 Å². The molecule has 0 unspecified atom stereocenters. The summed E-state index contributed by atoms with van der Waals surface area (Å²) in [6.07, 6.45) is 1.55. The Balaban J connectivity index is 2.28. The highest BCUT2D eigenvalue weighted by atomic mass is 35.5. The highest BCUT2D eigenvalue weighted by molar-refractivity contribution is 6.33. The Morgan fingerprint density at radius 3 is 2.35 bits per heavy atom. The molecule has 0 bridgehead atoms. The van der Waals surface area contributed by atoms with Gasteiger partial charge in [-0.15, -0.1) is 0 Å². The summed E-state index contributed by atoms with van der Waals surface area (Å²) in [5.41, 5.74) is 0.504. The molecule has 0 atom stereocenters. The van der Waals surface area contributed by atoms with E-state index in [2.05, 4.69) is 4.98 Å². The molecule has 1 aliphatic heterocycles. The number of ether oxygens (including phenoxy) is 1. The first-order valence-corrected chi connectivity index (χ1v) is 7.09. The van der Waals surface area contributed by atoms with Gasteiger partial charge in [0.15, 0.2) is 0 Å². The third-order valence-electron chi connectivity index (χ3n) is 3.20. The molecule has 1 aromatic heterocycles. The highest BCUT2D eigenvalue weighted by Gasteiger charge is 2.40. The minimum Gasteiger partial charge on any atom is -0.366 e. The fourth-order valence-electron chi connectivity index (χ4n) is 2.79. The predicted molar refractivity (Wildman–Crippen MR) is 79.1 cm³/mol. The second-order valence-corrected chi connectivity index (χ2v) is 7.00. The van der Waals surface area contributed by atoms with Crippen LogP contribution in [0.15, 0.2) is 12.3 Å². The molecular formula is C15H21ClN2O2. The first kappa shape index (κ1) is 15.3. The van der Waals surface area contributed by atoms with Crippen LogP contribution in [0.4, 0.5) is 0 Å². The standard InChI is InChI=1S/C15H21ClN2O2/c1-10-6-12(16)11(7-17-10)13(19)18-8-14(2,3)20-15(4,5)9-18/h6-7H,8-9H2,1-5H3. The largest absolute Gasteiger partial charge is 0.366 e. The molecule has 1 saturated heterocycles. The lowest BCUT2D eigenvalue weighted by Gasteiger charge is -2.47. The summed E-state index contributed by atoms with van der Waals surface area (Å²) >= 11 is 6.17. The van der Waals surface area contributed by atoms with E-state index in [0.717, 1.165) is 5.69 Å². The van der Waals surface area contributed by atoms with Gasteiger partial charge in [-0.05, 0) is 40.7 Å². The topological polar surface area (TPSA) is 42.4 Å². The van der Waals surface area contributed by atoms with Gasteiger partial charge in [-0.1, -0.05) is 11.6 Å². The van der Waals surface area contributed by atoms with Crippen molar-refractivity contribution in [3.63, 3.8) is 0 Å². The smallest absolute Gasteiger partial charge is 0.257 e. The Kier molecular flexibility index (Phi) is 3.82. The minimum absolute atomic E-state index is 0.0908. The van der Waals surface area contributed by atoms with Crippen LogP contribution in [-0.4, -0.2) is 40.1 Å². The molecule has 1 fully saturated rings. The van der Waals surface area contributed by atoms with Crippen LogP contribution in [0.2, 0.25) is 5.02 Å². The molecule has 110 valence electrons. The molecule has 0 aliphatic carbocycles. The predicted octanol–water partition coefficient (Wildman–Crippen LogP) is 3.07. The lowest BCUT2D eigenvalue weighted by atomic mass is 9.98. The molecule has 0 saturated carbocycles. The molecule has 1 aliphatic rings. The highest BCUT2D eigenvalue weighted by Crippen LogP contribution is 2.29. The lowest BCUT2D eigenvalue weighted by molar-refractivity contribution is -0.171. The number of carbonyl (C=O) groups is 1. The van der Waals surface area contributed by atoms with Gasteiger partial charge in [0.1, 0.15) is 0 Å². The van der Waals surface area contributed by atoms with E-state index < -0.39 is 0 Å². The average Bonchev–Trinajstić information content (AvgIpc) is 2.23. The van der Waals surface area contributed by atoms with Crippen molar-refractivity contribution in [3.8, 4) is 0 Å². The van der Waals surface area contributed by atoms with Crippen LogP contribution in [0.3, 0.4) is 0 Å². The van der Waals surface area contributed by atoms with Crippen molar-refractivity contribution in [2.45, 2.75) is 45.8 Å². The second kappa shape index (κ2) is 5.01. The van der Waals surface area contributed by atoms with Crippen molar-refractivity contribution in [2.75, 3.05) is 13.1 Å². The van der Waals surface area contributed by atoms with E-state index in [-0.39, 0.29) is 17.1 Å². The van der Waals surface area contributed by atoms with Crippen molar-refractivity contribution in [1.29, 1.82) is 0 Å². The number of aromatic nitrogens is 1. The van der Waals surface area contributed by atoms with Crippen molar-refractivity contribution in [1.82, 2.24) is 9.88 Å². The SMILES string of the molecule is Cc1cc(Cl)c(C(=O)N2CC(C)(C)OC(C)(C)C2)cn1. The zero-order chi connectivity index (χ0) is 15.1. The molecule has 2 rings (SSSR count). The number of amides is 1. The van der Waals surface area contributed by atoms with Crippen LogP contribution >= 0.6 is 11.6 Å². The van der Waals surface area contributed by atoms with Crippen LogP contribution in [0.25, 0.3) is 0 Å². The van der Waals surface area contributed by atoms with Crippen LogP contribution in [0.5, 0.6) is 0 Å². The van der Waals surface area contributed by atoms with Crippen LogP contribution in [-0.2, 0) is 4.74 Å². The van der Waals surface area contributed by atoms with Gasteiger partial charge in [0.25, 0.3) is 5.91 Å². The molecule has 0 aromatic carbocycles. The zero-order valence-electron chi connectivity index (χ0n) is 12.7. The van der Waals surface area contributed by atoms with E-state index in [1.165, 1.54) is 0 Å². The number of rotatable bonds is 1. The van der Waals surface area contributed by atoms with E-state index >= 15 is 0 Å². The van der Waals surface area contributed by atoms with Gasteiger partial charge in [0.2, 0.25) is 0 Å². The van der Waals surface area contributed by atoms with E-state index in [9.17, 15) is 4.79 Å². The summed E-state index contributed by atoms with van der Waals surface area (Å²) in [5.74, 6) is -0.0908. The fourth-order valence-corrected chi connectivity index (χ4v) is 3.07. The Hall–Kier alpha value is -1.13. The van der Waals surface area contributed by atoms with Gasteiger partial charge in [-0.2, -0.15) is 0 Å². The van der Waals surface area contributed by atoms with E-state index in [1.54, 1.807) is 17.2 Å². The first-order valence-electron chi connectivity index (χ1n) is 6.71. The third-order valence-corrected chi connectivity index (χ3v) is 3.52. The summed E-state index contributed by atoms with van der Waals surface area (Å²) < 4.78 is 5.98. The van der Waals surface area contributed by atoms with E-state index in [0.29, 0.717) is 23.7 Å². The Labute approximate surface area is 125 Å². The number of aryl methyl sites for hydroxylation is 1. The van der Waals surface area contributed by atoms with E-state index in [4.69, 9.17) is 16.3 Å². The normalized spacial score (nSPS) is 20.8. The van der Waals surface area contributed by atoms with Crippen molar-refractivity contribution >= 4 is 17.5 Å². The van der Waals surface area contributed by atoms with Gasteiger partial charge in [-0.3, -0.25) is 9.78 Å². The zero-order valence-corrected chi connectivity index (χ0v) is 13.4. The van der Waals surface area contributed by atoms with Crippen LogP contribution in [0, 0.1) is 6.92 Å². The van der Waals surface area contributed by atoms with Gasteiger partial charge in [0, 0.05) is 25.0 Å². The first-order chi connectivity index (χ1) is 9.10.